The zero-order valence-corrected chi connectivity index (χ0v) is 9.54. The molecule has 1 fully saturated rings. The number of methoxy groups -OCH3 is 1. The maximum atomic E-state index is 11.9. The molecule has 2 rings (SSSR count). The minimum atomic E-state index is -0.855. The van der Waals surface area contributed by atoms with E-state index in [0.29, 0.717) is 12.8 Å². The van der Waals surface area contributed by atoms with Crippen LogP contribution < -0.4 is 5.32 Å². The molecule has 0 aromatic heterocycles. The number of carbonyl (C=O) groups excluding carboxylic acids is 2. The number of hydrogen-bond acceptors (Lipinski definition) is 3. The molecule has 4 heteroatoms. The van der Waals surface area contributed by atoms with Gasteiger partial charge in [-0.25, -0.2) is 4.79 Å². The van der Waals surface area contributed by atoms with Crippen LogP contribution in [0.5, 0.6) is 0 Å². The minimum Gasteiger partial charge on any atom is -0.467 e. The summed E-state index contributed by atoms with van der Waals surface area (Å²) in [5, 5.41) is 2.81. The highest BCUT2D eigenvalue weighted by atomic mass is 16.5. The van der Waals surface area contributed by atoms with Crippen molar-refractivity contribution in [1.29, 1.82) is 0 Å². The Bertz CT molecular complexity index is 348. The summed E-state index contributed by atoms with van der Waals surface area (Å²) < 4.78 is 4.84. The van der Waals surface area contributed by atoms with Gasteiger partial charge in [0.15, 0.2) is 5.54 Å². The fourth-order valence-corrected chi connectivity index (χ4v) is 2.59. The molecule has 2 aliphatic rings. The Balaban J connectivity index is 2.30. The summed E-state index contributed by atoms with van der Waals surface area (Å²) in [6.45, 7) is 0. The van der Waals surface area contributed by atoms with Gasteiger partial charge in [0.05, 0.1) is 7.11 Å². The SMILES string of the molecule is COC(=O)[C@]1(C2=CCCCC2)CCC(=O)N1. The molecule has 1 saturated heterocycles. The summed E-state index contributed by atoms with van der Waals surface area (Å²) in [5.74, 6) is -0.386. The average molecular weight is 223 g/mol. The van der Waals surface area contributed by atoms with Crippen molar-refractivity contribution < 1.29 is 14.3 Å². The van der Waals surface area contributed by atoms with E-state index < -0.39 is 5.54 Å². The fourth-order valence-electron chi connectivity index (χ4n) is 2.59. The maximum Gasteiger partial charge on any atom is 0.335 e. The summed E-state index contributed by atoms with van der Waals surface area (Å²) in [7, 11) is 1.37. The first-order valence-electron chi connectivity index (χ1n) is 5.78. The first-order chi connectivity index (χ1) is 7.69. The van der Waals surface area contributed by atoms with Crippen LogP contribution in [0.25, 0.3) is 0 Å². The predicted molar refractivity (Wildman–Crippen MR) is 58.7 cm³/mol. The van der Waals surface area contributed by atoms with Gasteiger partial charge in [0, 0.05) is 6.42 Å². The van der Waals surface area contributed by atoms with E-state index in [9.17, 15) is 9.59 Å². The number of esters is 1. The second-order valence-electron chi connectivity index (χ2n) is 4.42. The van der Waals surface area contributed by atoms with Gasteiger partial charge in [0.1, 0.15) is 0 Å². The molecule has 1 aliphatic heterocycles. The van der Waals surface area contributed by atoms with E-state index in [4.69, 9.17) is 4.74 Å². The summed E-state index contributed by atoms with van der Waals surface area (Å²) in [6.07, 6.45) is 7.15. The fraction of sp³-hybridized carbons (Fsp3) is 0.667. The van der Waals surface area contributed by atoms with Gasteiger partial charge in [-0.3, -0.25) is 4.79 Å². The van der Waals surface area contributed by atoms with Crippen molar-refractivity contribution in [3.05, 3.63) is 11.6 Å². The number of ether oxygens (including phenoxy) is 1. The van der Waals surface area contributed by atoms with Crippen LogP contribution in [0, 0.1) is 0 Å². The van der Waals surface area contributed by atoms with Crippen molar-refractivity contribution in [3.8, 4) is 0 Å². The van der Waals surface area contributed by atoms with Crippen LogP contribution in [0.4, 0.5) is 0 Å². The van der Waals surface area contributed by atoms with Crippen LogP contribution in [0.2, 0.25) is 0 Å². The van der Waals surface area contributed by atoms with E-state index in [-0.39, 0.29) is 11.9 Å². The number of hydrogen-bond donors (Lipinski definition) is 1. The second-order valence-corrected chi connectivity index (χ2v) is 4.42. The van der Waals surface area contributed by atoms with Crippen molar-refractivity contribution in [3.63, 3.8) is 0 Å². The largest absolute Gasteiger partial charge is 0.467 e. The molecular formula is C12H17NO3. The molecule has 0 radical (unpaired) electrons. The average Bonchev–Trinajstić information content (AvgIpc) is 2.73. The zero-order valence-electron chi connectivity index (χ0n) is 9.54. The van der Waals surface area contributed by atoms with Gasteiger partial charge in [0.2, 0.25) is 5.91 Å². The van der Waals surface area contributed by atoms with Crippen LogP contribution in [-0.4, -0.2) is 24.5 Å². The Morgan fingerprint density at radius 2 is 2.25 bits per heavy atom. The van der Waals surface area contributed by atoms with Gasteiger partial charge < -0.3 is 10.1 Å². The maximum absolute atomic E-state index is 11.9. The summed E-state index contributed by atoms with van der Waals surface area (Å²) in [4.78, 5) is 23.3. The topological polar surface area (TPSA) is 55.4 Å². The van der Waals surface area contributed by atoms with Crippen LogP contribution in [0.1, 0.15) is 38.5 Å². The van der Waals surface area contributed by atoms with Gasteiger partial charge in [-0.1, -0.05) is 6.08 Å². The lowest BCUT2D eigenvalue weighted by atomic mass is 9.81. The van der Waals surface area contributed by atoms with Crippen LogP contribution in [0.3, 0.4) is 0 Å². The van der Waals surface area contributed by atoms with E-state index in [1.165, 1.54) is 7.11 Å². The van der Waals surface area contributed by atoms with Crippen LogP contribution >= 0.6 is 0 Å². The van der Waals surface area contributed by atoms with Crippen molar-refractivity contribution in [2.75, 3.05) is 7.11 Å². The van der Waals surface area contributed by atoms with Crippen molar-refractivity contribution in [2.45, 2.75) is 44.1 Å². The first kappa shape index (κ1) is 11.2. The van der Waals surface area contributed by atoms with Crippen LogP contribution in [0.15, 0.2) is 11.6 Å². The third-order valence-electron chi connectivity index (χ3n) is 3.45. The molecule has 1 aliphatic carbocycles. The quantitative estimate of drug-likeness (QED) is 0.567. The third-order valence-corrected chi connectivity index (χ3v) is 3.45. The van der Waals surface area contributed by atoms with Crippen molar-refractivity contribution in [2.24, 2.45) is 0 Å². The lowest BCUT2D eigenvalue weighted by Crippen LogP contribution is -2.51. The molecule has 0 aromatic carbocycles. The number of allylic oxidation sites excluding steroid dienone is 1. The van der Waals surface area contributed by atoms with E-state index in [0.717, 1.165) is 31.3 Å². The summed E-state index contributed by atoms with van der Waals surface area (Å²) in [5.41, 5.74) is 0.183. The summed E-state index contributed by atoms with van der Waals surface area (Å²) >= 11 is 0. The van der Waals surface area contributed by atoms with Gasteiger partial charge in [-0.15, -0.1) is 0 Å². The van der Waals surface area contributed by atoms with Gasteiger partial charge in [0.25, 0.3) is 0 Å². The van der Waals surface area contributed by atoms with E-state index >= 15 is 0 Å². The lowest BCUT2D eigenvalue weighted by Gasteiger charge is -2.31. The molecule has 0 unspecified atom stereocenters. The molecule has 1 amide bonds. The van der Waals surface area contributed by atoms with Gasteiger partial charge >= 0.3 is 5.97 Å². The van der Waals surface area contributed by atoms with E-state index in [2.05, 4.69) is 11.4 Å². The standard InChI is InChI=1S/C12H17NO3/c1-16-11(15)12(8-7-10(14)13-12)9-5-3-2-4-6-9/h5H,2-4,6-8H2,1H3,(H,13,14)/t12-/m1/s1. The molecule has 0 bridgehead atoms. The lowest BCUT2D eigenvalue weighted by molar-refractivity contribution is -0.147. The van der Waals surface area contributed by atoms with Crippen molar-refractivity contribution in [1.82, 2.24) is 5.32 Å². The van der Waals surface area contributed by atoms with Gasteiger partial charge in [-0.05, 0) is 37.7 Å². The minimum absolute atomic E-state index is 0.0585. The third kappa shape index (κ3) is 1.72. The Morgan fingerprint density at radius 3 is 2.75 bits per heavy atom. The predicted octanol–water partition coefficient (Wildman–Crippen LogP) is 1.31. The van der Waals surface area contributed by atoms with Gasteiger partial charge in [-0.2, -0.15) is 0 Å². The van der Waals surface area contributed by atoms with E-state index in [1.807, 2.05) is 0 Å². The highest BCUT2D eigenvalue weighted by Gasteiger charge is 2.48. The van der Waals surface area contributed by atoms with Crippen LogP contribution in [-0.2, 0) is 14.3 Å². The highest BCUT2D eigenvalue weighted by Crippen LogP contribution is 2.35. The highest BCUT2D eigenvalue weighted by molar-refractivity contribution is 5.94. The Hall–Kier alpha value is -1.32. The molecule has 1 heterocycles. The smallest absolute Gasteiger partial charge is 0.335 e. The number of nitrogens with one attached hydrogen (secondary N) is 1. The van der Waals surface area contributed by atoms with Crippen molar-refractivity contribution >= 4 is 11.9 Å². The summed E-state index contributed by atoms with van der Waals surface area (Å²) in [6, 6.07) is 0. The molecule has 0 aromatic rings. The first-order valence-corrected chi connectivity index (χ1v) is 5.78. The second kappa shape index (κ2) is 4.28. The Morgan fingerprint density at radius 1 is 1.44 bits per heavy atom. The number of rotatable bonds is 2. The van der Waals surface area contributed by atoms with E-state index in [1.54, 1.807) is 0 Å². The molecule has 1 N–H and O–H groups in total. The molecule has 1 atom stereocenters. The number of carbonyl (C=O) groups is 2. The monoisotopic (exact) mass is 223 g/mol. The number of amides is 1. The Labute approximate surface area is 95.0 Å². The molecule has 88 valence electrons. The Kier molecular flexibility index (Phi) is 2.99. The zero-order chi connectivity index (χ0) is 11.6. The normalized spacial score (nSPS) is 29.6. The molecule has 0 spiro atoms. The molecule has 4 nitrogen and oxygen atoms in total. The molecule has 16 heavy (non-hydrogen) atoms. The molecule has 0 saturated carbocycles. The molecular weight excluding hydrogens is 206 g/mol.